The summed E-state index contributed by atoms with van der Waals surface area (Å²) < 4.78 is 5.18. The molecule has 0 radical (unpaired) electrons. The van der Waals surface area contributed by atoms with Gasteiger partial charge in [-0.3, -0.25) is 9.78 Å². The summed E-state index contributed by atoms with van der Waals surface area (Å²) in [6.07, 6.45) is 3.13. The van der Waals surface area contributed by atoms with Gasteiger partial charge >= 0.3 is 35.5 Å². The third kappa shape index (κ3) is 5.68. The van der Waals surface area contributed by atoms with E-state index in [1.54, 1.807) is 31.5 Å². The van der Waals surface area contributed by atoms with Crippen molar-refractivity contribution >= 4 is 17.6 Å². The predicted octanol–water partition coefficient (Wildman–Crippen LogP) is 2.49. The molecule has 1 heterocycles. The molecule has 0 bridgehead atoms. The van der Waals surface area contributed by atoms with E-state index in [0.29, 0.717) is 5.56 Å². The van der Waals surface area contributed by atoms with Crippen molar-refractivity contribution in [2.24, 2.45) is 0 Å². The van der Waals surface area contributed by atoms with Crippen LogP contribution in [0.2, 0.25) is 0 Å². The van der Waals surface area contributed by atoms with Gasteiger partial charge in [0.15, 0.2) is 0 Å². The number of benzene rings is 3. The molecule has 0 spiro atoms. The fourth-order valence-electron chi connectivity index (χ4n) is 3.34. The minimum Gasteiger partial charge on any atom is -1.00 e. The topological polar surface area (TPSA) is 88.5 Å². The first kappa shape index (κ1) is 24.2. The molecular weight excluding hydrogens is 427 g/mol. The number of carbonyl (C=O) groups excluding carboxylic acids is 1. The summed E-state index contributed by atoms with van der Waals surface area (Å²) >= 11 is 0. The van der Waals surface area contributed by atoms with Crippen molar-refractivity contribution in [2.45, 2.75) is 0 Å². The Kier molecular flexibility index (Phi) is 8.01. The Bertz CT molecular complexity index is 1280. The zero-order valence-electron chi connectivity index (χ0n) is 19.3. The maximum absolute atomic E-state index is 12.9. The number of carboxylic acid groups (broad SMARTS) is 1. The maximum atomic E-state index is 12.9. The fourth-order valence-corrected chi connectivity index (χ4v) is 3.34. The summed E-state index contributed by atoms with van der Waals surface area (Å²) in [4.78, 5) is 28.8. The van der Waals surface area contributed by atoms with Gasteiger partial charge < -0.3 is 16.6 Å². The molecule has 1 aromatic heterocycles. The Labute approximate surface area is 215 Å². The number of carbonyl (C=O) groups is 2. The Balaban J connectivity index is 0.00000204. The second-order valence-electron chi connectivity index (χ2n) is 7.08. The zero-order valence-corrected chi connectivity index (χ0v) is 20.3. The Morgan fingerprint density at radius 3 is 2.18 bits per heavy atom. The van der Waals surface area contributed by atoms with E-state index in [0.717, 1.165) is 28.0 Å². The predicted molar refractivity (Wildman–Crippen MR) is 124 cm³/mol. The van der Waals surface area contributed by atoms with Crippen LogP contribution in [0.3, 0.4) is 0 Å². The summed E-state index contributed by atoms with van der Waals surface area (Å²) in [5.74, 6) is -0.849. The first-order chi connectivity index (χ1) is 15.5. The number of hydrogen-bond acceptors (Lipinski definition) is 4. The molecule has 7 heteroatoms. The van der Waals surface area contributed by atoms with Crippen molar-refractivity contribution in [3.63, 3.8) is 0 Å². The number of ether oxygens (including phenoxy) is 1. The number of aromatic nitrogens is 1. The molecule has 0 unspecified atom stereocenters. The monoisotopic (exact) mass is 448 g/mol. The van der Waals surface area contributed by atoms with Crippen molar-refractivity contribution in [3.8, 4) is 28.0 Å². The van der Waals surface area contributed by atoms with Crippen LogP contribution in [-0.4, -0.2) is 29.1 Å². The molecule has 33 heavy (non-hydrogen) atoms. The Morgan fingerprint density at radius 1 is 0.848 bits per heavy atom. The van der Waals surface area contributed by atoms with Crippen LogP contribution in [0.1, 0.15) is 22.1 Å². The van der Waals surface area contributed by atoms with Gasteiger partial charge in [-0.15, -0.1) is 0 Å². The SMILES string of the molecule is COc1ccc(-c2ccc(C(=O)O)c(NC(=O)c3cncc(-c4ccccc4)c3)c2)cc1.[H-].[Na+]. The number of amides is 1. The number of hydrogen-bond donors (Lipinski definition) is 2. The maximum Gasteiger partial charge on any atom is 1.00 e. The zero-order chi connectivity index (χ0) is 22.5. The fraction of sp³-hybridized carbons (Fsp3) is 0.0385. The normalized spacial score (nSPS) is 10.1. The number of anilines is 1. The minimum absolute atomic E-state index is 0. The van der Waals surface area contributed by atoms with Gasteiger partial charge in [-0.1, -0.05) is 48.5 Å². The average molecular weight is 448 g/mol. The van der Waals surface area contributed by atoms with E-state index in [1.807, 2.05) is 54.6 Å². The largest absolute Gasteiger partial charge is 1.00 e. The van der Waals surface area contributed by atoms with E-state index in [4.69, 9.17) is 4.74 Å². The summed E-state index contributed by atoms with van der Waals surface area (Å²) in [7, 11) is 1.59. The molecule has 0 atom stereocenters. The van der Waals surface area contributed by atoms with Crippen molar-refractivity contribution in [3.05, 3.63) is 102 Å². The summed E-state index contributed by atoms with van der Waals surface area (Å²) in [6.45, 7) is 0. The standard InChI is InChI=1S/C26H20N2O4.Na.H/c1-32-22-10-7-18(8-11-22)19-9-12-23(26(30)31)24(14-19)28-25(29)21-13-20(15-27-16-21)17-5-3-2-4-6-17;;/h2-16H,1H3,(H,28,29)(H,30,31);;/q;+1;-1. The molecule has 4 aromatic rings. The number of aromatic carboxylic acids is 1. The first-order valence-electron chi connectivity index (χ1n) is 9.89. The molecule has 6 nitrogen and oxygen atoms in total. The Hall–Kier alpha value is -3.45. The number of nitrogens with zero attached hydrogens (tertiary/aromatic N) is 1. The van der Waals surface area contributed by atoms with E-state index >= 15 is 0 Å². The minimum atomic E-state index is -1.13. The number of methoxy groups -OCH3 is 1. The van der Waals surface area contributed by atoms with Gasteiger partial charge in [-0.05, 0) is 47.0 Å². The molecule has 0 saturated carbocycles. The van der Waals surface area contributed by atoms with Crippen molar-refractivity contribution in [1.82, 2.24) is 4.98 Å². The molecule has 4 rings (SSSR count). The van der Waals surface area contributed by atoms with Crippen LogP contribution < -0.4 is 39.6 Å². The van der Waals surface area contributed by atoms with Crippen LogP contribution >= 0.6 is 0 Å². The smallest absolute Gasteiger partial charge is 1.00 e. The molecule has 0 aliphatic carbocycles. The summed E-state index contributed by atoms with van der Waals surface area (Å²) in [5.41, 5.74) is 3.91. The first-order valence-corrected chi connectivity index (χ1v) is 9.89. The molecule has 0 saturated heterocycles. The van der Waals surface area contributed by atoms with Crippen LogP contribution in [0.25, 0.3) is 22.3 Å². The molecule has 160 valence electrons. The second-order valence-corrected chi connectivity index (χ2v) is 7.08. The second kappa shape index (κ2) is 10.9. The molecular formula is C26H21N2NaO4. The number of rotatable bonds is 6. The van der Waals surface area contributed by atoms with Gasteiger partial charge in [0.1, 0.15) is 5.75 Å². The van der Waals surface area contributed by atoms with Gasteiger partial charge in [-0.25, -0.2) is 4.79 Å². The van der Waals surface area contributed by atoms with Gasteiger partial charge in [0, 0.05) is 18.0 Å². The van der Waals surface area contributed by atoms with Gasteiger partial charge in [0.25, 0.3) is 5.91 Å². The van der Waals surface area contributed by atoms with E-state index in [9.17, 15) is 14.7 Å². The van der Waals surface area contributed by atoms with Gasteiger partial charge in [0.2, 0.25) is 0 Å². The molecule has 0 fully saturated rings. The van der Waals surface area contributed by atoms with Crippen LogP contribution in [-0.2, 0) is 0 Å². The third-order valence-corrected chi connectivity index (χ3v) is 5.03. The summed E-state index contributed by atoms with van der Waals surface area (Å²) in [5, 5.41) is 12.3. The van der Waals surface area contributed by atoms with Crippen LogP contribution in [0.15, 0.2) is 91.3 Å². The average Bonchev–Trinajstić information content (AvgIpc) is 2.84. The van der Waals surface area contributed by atoms with Crippen LogP contribution in [0.4, 0.5) is 5.69 Å². The molecule has 0 aliphatic heterocycles. The summed E-state index contributed by atoms with van der Waals surface area (Å²) in [6, 6.07) is 23.5. The van der Waals surface area contributed by atoms with Crippen LogP contribution in [0.5, 0.6) is 5.75 Å². The quantitative estimate of drug-likeness (QED) is 0.443. The van der Waals surface area contributed by atoms with E-state index < -0.39 is 11.9 Å². The van der Waals surface area contributed by atoms with Gasteiger partial charge in [0.05, 0.1) is 23.9 Å². The van der Waals surface area contributed by atoms with E-state index in [1.165, 1.54) is 12.3 Å². The van der Waals surface area contributed by atoms with Crippen molar-refractivity contribution in [2.75, 3.05) is 12.4 Å². The molecule has 1 amide bonds. The third-order valence-electron chi connectivity index (χ3n) is 5.03. The van der Waals surface area contributed by atoms with E-state index in [2.05, 4.69) is 10.3 Å². The Morgan fingerprint density at radius 2 is 1.52 bits per heavy atom. The van der Waals surface area contributed by atoms with Crippen LogP contribution in [0, 0.1) is 0 Å². The molecule has 2 N–H and O–H groups in total. The number of nitrogens with one attached hydrogen (secondary N) is 1. The molecule has 0 aliphatic rings. The van der Waals surface area contributed by atoms with Gasteiger partial charge in [-0.2, -0.15) is 0 Å². The number of pyridine rings is 1. The number of carboxylic acids is 1. The van der Waals surface area contributed by atoms with Crippen molar-refractivity contribution in [1.29, 1.82) is 0 Å². The van der Waals surface area contributed by atoms with Crippen molar-refractivity contribution < 1.29 is 50.4 Å². The van der Waals surface area contributed by atoms with E-state index in [-0.39, 0.29) is 42.2 Å². The molecule has 3 aromatic carbocycles.